The third-order valence-electron chi connectivity index (χ3n) is 0. The number of hydrogen-bond acceptors (Lipinski definition) is 1. The summed E-state index contributed by atoms with van der Waals surface area (Å²) in [6, 6.07) is 0. The average Bonchev–Trinajstić information content (AvgIpc) is 0.918. The summed E-state index contributed by atoms with van der Waals surface area (Å²) < 4.78 is 0. The van der Waals surface area contributed by atoms with Crippen LogP contribution < -0.4 is 0 Å². The molecule has 0 fully saturated rings. The van der Waals surface area contributed by atoms with Gasteiger partial charge in [-0.05, 0) is 6.92 Å². The van der Waals surface area contributed by atoms with Crippen molar-refractivity contribution in [2.24, 2.45) is 0 Å². The average molecular weight is 94.9 g/mol. The van der Waals surface area contributed by atoms with Crippen molar-refractivity contribution in [2.75, 3.05) is 6.61 Å². The fourth-order valence-corrected chi connectivity index (χ4v) is 0. The fourth-order valence-electron chi connectivity index (χ4n) is 0. The van der Waals surface area contributed by atoms with E-state index < -0.39 is 0 Å². The summed E-state index contributed by atoms with van der Waals surface area (Å²) in [6.07, 6.45) is 0. The second-order valence-electron chi connectivity index (χ2n) is 0.316. The van der Waals surface area contributed by atoms with Gasteiger partial charge in [0, 0.05) is 28.3 Å². The van der Waals surface area contributed by atoms with Crippen LogP contribution in [0.3, 0.4) is 0 Å². The largest absolute Gasteiger partial charge is 1.00 e. The Hall–Kier alpha value is 0.674. The van der Waals surface area contributed by atoms with Gasteiger partial charge < -0.3 is 6.53 Å². The Labute approximate surface area is 42.4 Å². The van der Waals surface area contributed by atoms with Gasteiger partial charge in [0.05, 0.1) is 0 Å². The first kappa shape index (κ1) is 8.82. The quantitative estimate of drug-likeness (QED) is 0.423. The first-order valence-corrected chi connectivity index (χ1v) is 1.02. The third-order valence-corrected chi connectivity index (χ3v) is 0. The van der Waals surface area contributed by atoms with Crippen molar-refractivity contribution in [1.82, 2.24) is 0 Å². The number of hydrogen-bond donors (Lipinski definition) is 1. The third kappa shape index (κ3) is 16.5. The van der Waals surface area contributed by atoms with Crippen LogP contribution in [0.1, 0.15) is 8.35 Å². The molecule has 0 aromatic rings. The minimum atomic E-state index is 0. The Morgan fingerprint density at radius 2 is 2.00 bits per heavy atom. The maximum Gasteiger partial charge on any atom is 0.0402 e. The summed E-state index contributed by atoms with van der Waals surface area (Å²) >= 11 is 0. The van der Waals surface area contributed by atoms with E-state index in [0.29, 0.717) is 0 Å². The van der Waals surface area contributed by atoms with E-state index in [-0.39, 0.29) is 29.8 Å². The second-order valence-corrected chi connectivity index (χ2v) is 0.316. The first-order chi connectivity index (χ1) is 1.41. The van der Waals surface area contributed by atoms with E-state index in [2.05, 4.69) is 0 Å². The SMILES string of the molecule is CCO.[H-].[Ti]. The van der Waals surface area contributed by atoms with Crippen LogP contribution in [0, 0.1) is 0 Å². The molecule has 0 heterocycles. The summed E-state index contributed by atoms with van der Waals surface area (Å²) in [6.45, 7) is 1.93. The molecule has 0 aliphatic heterocycles. The minimum Gasteiger partial charge on any atom is -1.00 e. The summed E-state index contributed by atoms with van der Waals surface area (Å²) in [7, 11) is 0. The molecule has 0 rings (SSSR count). The van der Waals surface area contributed by atoms with E-state index in [1.165, 1.54) is 0 Å². The van der Waals surface area contributed by atoms with Crippen LogP contribution in [-0.2, 0) is 21.7 Å². The van der Waals surface area contributed by atoms with E-state index >= 15 is 0 Å². The molecule has 0 amide bonds. The van der Waals surface area contributed by atoms with E-state index in [1.807, 2.05) is 0 Å². The Balaban J connectivity index is -0.0000000200. The van der Waals surface area contributed by atoms with Crippen molar-refractivity contribution < 1.29 is 28.3 Å². The van der Waals surface area contributed by atoms with Crippen LogP contribution in [0.5, 0.6) is 0 Å². The van der Waals surface area contributed by atoms with Crippen molar-refractivity contribution in [1.29, 1.82) is 0 Å². The molecular weight excluding hydrogens is 87.9 g/mol. The molecule has 1 nitrogen and oxygen atoms in total. The molecule has 0 saturated heterocycles. The molecule has 0 aromatic carbocycles. The molecule has 0 atom stereocenters. The maximum absolute atomic E-state index is 7.57. The van der Waals surface area contributed by atoms with E-state index in [0.717, 1.165) is 0 Å². The number of aliphatic hydroxyl groups excluding tert-OH is 1. The van der Waals surface area contributed by atoms with E-state index in [1.54, 1.807) is 6.92 Å². The van der Waals surface area contributed by atoms with Gasteiger partial charge in [-0.25, -0.2) is 0 Å². The standard InChI is InChI=1S/C2H6O.Ti.H/c1-2-3;;/h3H,2H2,1H3;;/q;;-1. The van der Waals surface area contributed by atoms with Gasteiger partial charge >= 0.3 is 0 Å². The molecule has 0 saturated carbocycles. The first-order valence-electron chi connectivity index (χ1n) is 1.02. The van der Waals surface area contributed by atoms with Crippen LogP contribution in [0.2, 0.25) is 0 Å². The van der Waals surface area contributed by atoms with Crippen molar-refractivity contribution >= 4 is 0 Å². The molecule has 0 bridgehead atoms. The Kier molecular flexibility index (Phi) is 20.7. The van der Waals surface area contributed by atoms with Crippen molar-refractivity contribution in [3.8, 4) is 0 Å². The molecule has 0 unspecified atom stereocenters. The van der Waals surface area contributed by atoms with Gasteiger partial charge in [0.15, 0.2) is 0 Å². The predicted molar refractivity (Wildman–Crippen MR) is 13.9 cm³/mol. The number of rotatable bonds is 0. The van der Waals surface area contributed by atoms with Gasteiger partial charge in [-0.1, -0.05) is 0 Å². The predicted octanol–water partition coefficient (Wildman–Crippen LogP) is 0.109. The topological polar surface area (TPSA) is 20.2 Å². The maximum atomic E-state index is 7.57. The second kappa shape index (κ2) is 9.37. The smallest absolute Gasteiger partial charge is 0.0402 e. The van der Waals surface area contributed by atoms with Crippen LogP contribution >= 0.6 is 0 Å². The normalized spacial score (nSPS) is 4.50. The Morgan fingerprint density at radius 3 is 2.00 bits per heavy atom. The van der Waals surface area contributed by atoms with Crippen molar-refractivity contribution in [3.05, 3.63) is 0 Å². The molecule has 1 N–H and O–H groups in total. The van der Waals surface area contributed by atoms with E-state index in [4.69, 9.17) is 5.11 Å². The zero-order valence-electron chi connectivity index (χ0n) is 3.65. The van der Waals surface area contributed by atoms with Gasteiger partial charge in [-0.2, -0.15) is 0 Å². The molecule has 0 aromatic heterocycles. The van der Waals surface area contributed by atoms with Crippen LogP contribution in [0.4, 0.5) is 0 Å². The molecule has 2 heteroatoms. The van der Waals surface area contributed by atoms with Gasteiger partial charge in [0.25, 0.3) is 0 Å². The summed E-state index contributed by atoms with van der Waals surface area (Å²) in [5.74, 6) is 0. The summed E-state index contributed by atoms with van der Waals surface area (Å²) in [5, 5.41) is 7.57. The molecule has 0 spiro atoms. The zero-order chi connectivity index (χ0) is 2.71. The van der Waals surface area contributed by atoms with Gasteiger partial charge in [-0.3, -0.25) is 0 Å². The van der Waals surface area contributed by atoms with E-state index in [9.17, 15) is 0 Å². The van der Waals surface area contributed by atoms with Crippen molar-refractivity contribution in [3.63, 3.8) is 0 Å². The van der Waals surface area contributed by atoms with Crippen molar-refractivity contribution in [2.45, 2.75) is 6.92 Å². The van der Waals surface area contributed by atoms with Gasteiger partial charge in [-0.15, -0.1) is 0 Å². The Morgan fingerprint density at radius 1 is 2.00 bits per heavy atom. The molecule has 4 heavy (non-hydrogen) atoms. The van der Waals surface area contributed by atoms with Crippen LogP contribution in [-0.4, -0.2) is 11.7 Å². The monoisotopic (exact) mass is 95.0 g/mol. The van der Waals surface area contributed by atoms with Crippen LogP contribution in [0.25, 0.3) is 0 Å². The summed E-state index contributed by atoms with van der Waals surface area (Å²) in [4.78, 5) is 0. The molecular formula is C2H7OTi-. The summed E-state index contributed by atoms with van der Waals surface area (Å²) in [5.41, 5.74) is 0. The van der Waals surface area contributed by atoms with Gasteiger partial charge in [0.1, 0.15) is 0 Å². The zero-order valence-corrected chi connectivity index (χ0v) is 4.22. The fraction of sp³-hybridized carbons (Fsp3) is 1.00. The van der Waals surface area contributed by atoms with Crippen LogP contribution in [0.15, 0.2) is 0 Å². The molecule has 0 aliphatic carbocycles. The molecule has 0 radical (unpaired) electrons. The Bertz CT molecular complexity index is 9.61. The molecule has 26 valence electrons. The minimum absolute atomic E-state index is 0. The number of aliphatic hydroxyl groups is 1. The van der Waals surface area contributed by atoms with Gasteiger partial charge in [0.2, 0.25) is 0 Å². The molecule has 0 aliphatic rings.